The predicted molar refractivity (Wildman–Crippen MR) is 101 cm³/mol. The van der Waals surface area contributed by atoms with E-state index >= 15 is 0 Å². The van der Waals surface area contributed by atoms with E-state index < -0.39 is 0 Å². The van der Waals surface area contributed by atoms with E-state index in [4.69, 9.17) is 11.2 Å². The van der Waals surface area contributed by atoms with Gasteiger partial charge in [0.05, 0.1) is 18.3 Å². The van der Waals surface area contributed by atoms with Crippen molar-refractivity contribution in [2.75, 3.05) is 12.4 Å². The van der Waals surface area contributed by atoms with Gasteiger partial charge in [-0.2, -0.15) is 4.68 Å². The molecule has 0 saturated carbocycles. The zero-order chi connectivity index (χ0) is 18.8. The normalized spacial score (nSPS) is 10.6. The summed E-state index contributed by atoms with van der Waals surface area (Å²) in [7, 11) is 1.60. The zero-order valence-corrected chi connectivity index (χ0v) is 14.7. The smallest absolute Gasteiger partial charge is 0.227 e. The third-order valence-electron chi connectivity index (χ3n) is 4.00. The van der Waals surface area contributed by atoms with E-state index in [0.29, 0.717) is 17.5 Å². The van der Waals surface area contributed by atoms with Crippen molar-refractivity contribution < 1.29 is 4.74 Å². The molecular formula is C19H15N7O. The Balaban J connectivity index is 1.70. The minimum Gasteiger partial charge on any atom is -0.497 e. The summed E-state index contributed by atoms with van der Waals surface area (Å²) in [5, 5.41) is 15.7. The van der Waals surface area contributed by atoms with Gasteiger partial charge in [-0.05, 0) is 41.6 Å². The molecule has 0 fully saturated rings. The highest BCUT2D eigenvalue weighted by Gasteiger charge is 2.09. The number of anilines is 2. The zero-order valence-electron chi connectivity index (χ0n) is 14.7. The lowest BCUT2D eigenvalue weighted by molar-refractivity contribution is 0.414. The molecule has 2 aromatic carbocycles. The molecule has 0 amide bonds. The first kappa shape index (κ1) is 16.5. The molecule has 0 unspecified atom stereocenters. The van der Waals surface area contributed by atoms with Crippen LogP contribution in [0.2, 0.25) is 0 Å². The number of tetrazole rings is 1. The second-order valence-corrected chi connectivity index (χ2v) is 5.79. The highest BCUT2D eigenvalue weighted by atomic mass is 16.5. The molecule has 2 aromatic heterocycles. The van der Waals surface area contributed by atoms with Crippen LogP contribution in [0.3, 0.4) is 0 Å². The average Bonchev–Trinajstić information content (AvgIpc) is 3.13. The molecule has 0 saturated heterocycles. The third kappa shape index (κ3) is 3.26. The summed E-state index contributed by atoms with van der Waals surface area (Å²) >= 11 is 0. The fraction of sp³-hybridized carbons (Fsp3) is 0.105. The van der Waals surface area contributed by atoms with E-state index in [1.54, 1.807) is 18.0 Å². The number of nitrogens with one attached hydrogen (secondary N) is 1. The molecule has 4 aromatic rings. The van der Waals surface area contributed by atoms with Gasteiger partial charge in [-0.3, -0.25) is 0 Å². The molecule has 0 aliphatic carbocycles. The first-order valence-corrected chi connectivity index (χ1v) is 8.11. The Labute approximate surface area is 155 Å². The number of ether oxygens (including phenoxy) is 1. The van der Waals surface area contributed by atoms with E-state index in [1.807, 2.05) is 43.3 Å². The monoisotopic (exact) mass is 357 g/mol. The van der Waals surface area contributed by atoms with Gasteiger partial charge in [0, 0.05) is 35.0 Å². The number of methoxy groups -OCH3 is 1. The summed E-state index contributed by atoms with van der Waals surface area (Å²) in [4.78, 5) is 8.90. The number of terminal acetylenes is 1. The van der Waals surface area contributed by atoms with Crippen LogP contribution in [0.5, 0.6) is 5.75 Å². The van der Waals surface area contributed by atoms with E-state index in [1.165, 1.54) is 0 Å². The summed E-state index contributed by atoms with van der Waals surface area (Å²) in [6, 6.07) is 11.2. The molecule has 8 heteroatoms. The van der Waals surface area contributed by atoms with E-state index in [0.717, 1.165) is 27.8 Å². The van der Waals surface area contributed by atoms with Gasteiger partial charge in [-0.1, -0.05) is 5.92 Å². The minimum atomic E-state index is 0.462. The topological polar surface area (TPSA) is 90.6 Å². The summed E-state index contributed by atoms with van der Waals surface area (Å²) in [6.45, 7) is 1.82. The highest BCUT2D eigenvalue weighted by Crippen LogP contribution is 2.25. The third-order valence-corrected chi connectivity index (χ3v) is 4.00. The van der Waals surface area contributed by atoms with Crippen LogP contribution in [0.25, 0.3) is 16.6 Å². The van der Waals surface area contributed by atoms with Crippen molar-refractivity contribution in [2.45, 2.75) is 6.92 Å². The average molecular weight is 357 g/mol. The molecule has 8 nitrogen and oxygen atoms in total. The van der Waals surface area contributed by atoms with Gasteiger partial charge in [0.1, 0.15) is 5.75 Å². The maximum absolute atomic E-state index is 5.43. The van der Waals surface area contributed by atoms with Crippen LogP contribution in [0.1, 0.15) is 11.4 Å². The van der Waals surface area contributed by atoms with Crippen molar-refractivity contribution in [1.82, 2.24) is 30.2 Å². The second-order valence-electron chi connectivity index (χ2n) is 5.79. The SMILES string of the molecule is C#Cc1ccc2nc(Nc3cc(OC)cc(-n4nnnc4C)c3)ncc2c1. The van der Waals surface area contributed by atoms with E-state index in [-0.39, 0.29) is 0 Å². The van der Waals surface area contributed by atoms with Crippen LogP contribution in [0, 0.1) is 19.3 Å². The number of rotatable bonds is 4. The molecular weight excluding hydrogens is 342 g/mol. The quantitative estimate of drug-likeness (QED) is 0.562. The molecule has 132 valence electrons. The summed E-state index contributed by atoms with van der Waals surface area (Å²) in [5.74, 6) is 4.39. The molecule has 0 radical (unpaired) electrons. The summed E-state index contributed by atoms with van der Waals surface area (Å²) in [6.07, 6.45) is 7.17. The molecule has 1 N–H and O–H groups in total. The van der Waals surface area contributed by atoms with Crippen LogP contribution in [-0.4, -0.2) is 37.3 Å². The van der Waals surface area contributed by atoms with Crippen molar-refractivity contribution in [3.05, 3.63) is 54.0 Å². The Bertz CT molecular complexity index is 1180. The van der Waals surface area contributed by atoms with Crippen molar-refractivity contribution in [2.24, 2.45) is 0 Å². The van der Waals surface area contributed by atoms with Gasteiger partial charge >= 0.3 is 0 Å². The molecule has 27 heavy (non-hydrogen) atoms. The molecule has 0 bridgehead atoms. The number of aryl methyl sites for hydroxylation is 1. The van der Waals surface area contributed by atoms with Crippen molar-refractivity contribution in [3.63, 3.8) is 0 Å². The number of fused-ring (bicyclic) bond motifs is 1. The number of benzene rings is 2. The number of hydrogen-bond acceptors (Lipinski definition) is 7. The van der Waals surface area contributed by atoms with Crippen molar-refractivity contribution >= 4 is 22.5 Å². The van der Waals surface area contributed by atoms with Crippen molar-refractivity contribution in [3.8, 4) is 23.8 Å². The molecule has 0 aliphatic rings. The fourth-order valence-corrected chi connectivity index (χ4v) is 2.68. The minimum absolute atomic E-state index is 0.462. The Kier molecular flexibility index (Phi) is 4.10. The van der Waals surface area contributed by atoms with Gasteiger partial charge in [0.15, 0.2) is 5.82 Å². The van der Waals surface area contributed by atoms with Crippen LogP contribution in [-0.2, 0) is 0 Å². The maximum Gasteiger partial charge on any atom is 0.227 e. The first-order valence-electron chi connectivity index (χ1n) is 8.11. The van der Waals surface area contributed by atoms with Crippen molar-refractivity contribution in [1.29, 1.82) is 0 Å². The maximum atomic E-state index is 5.43. The van der Waals surface area contributed by atoms with Gasteiger partial charge in [-0.15, -0.1) is 11.5 Å². The Morgan fingerprint density at radius 1 is 1.19 bits per heavy atom. The van der Waals surface area contributed by atoms with E-state index in [9.17, 15) is 0 Å². The standard InChI is InChI=1S/C19H15N7O/c1-4-13-5-6-18-14(7-13)11-20-19(22-18)21-15-8-16(10-17(9-15)27-3)26-12(2)23-24-25-26/h1,5-11H,2-3H3,(H,20,21,22). The van der Waals surface area contributed by atoms with Crippen LogP contribution in [0.4, 0.5) is 11.6 Å². The molecule has 0 aliphatic heterocycles. The second kappa shape index (κ2) is 6.72. The van der Waals surface area contributed by atoms with Gasteiger partial charge in [0.2, 0.25) is 5.95 Å². The van der Waals surface area contributed by atoms with Crippen LogP contribution in [0.15, 0.2) is 42.6 Å². The molecule has 2 heterocycles. The lowest BCUT2D eigenvalue weighted by Gasteiger charge is -2.11. The van der Waals surface area contributed by atoms with Gasteiger partial charge in [-0.25, -0.2) is 9.97 Å². The van der Waals surface area contributed by atoms with Crippen LogP contribution < -0.4 is 10.1 Å². The number of hydrogen-bond donors (Lipinski definition) is 1. The first-order chi connectivity index (χ1) is 13.2. The lowest BCUT2D eigenvalue weighted by Crippen LogP contribution is -2.03. The summed E-state index contributed by atoms with van der Waals surface area (Å²) in [5.41, 5.74) is 3.10. The number of nitrogens with zero attached hydrogens (tertiary/aromatic N) is 6. The summed E-state index contributed by atoms with van der Waals surface area (Å²) < 4.78 is 7.01. The predicted octanol–water partition coefficient (Wildman–Crippen LogP) is 2.65. The molecule has 0 atom stereocenters. The van der Waals surface area contributed by atoms with Crippen LogP contribution >= 0.6 is 0 Å². The highest BCUT2D eigenvalue weighted by molar-refractivity contribution is 5.80. The van der Waals surface area contributed by atoms with Gasteiger partial charge < -0.3 is 10.1 Å². The molecule has 0 spiro atoms. The van der Waals surface area contributed by atoms with Gasteiger partial charge in [0.25, 0.3) is 0 Å². The number of aromatic nitrogens is 6. The largest absolute Gasteiger partial charge is 0.497 e. The molecule has 4 rings (SSSR count). The fourth-order valence-electron chi connectivity index (χ4n) is 2.68. The lowest BCUT2D eigenvalue weighted by atomic mass is 10.1. The Morgan fingerprint density at radius 2 is 2.07 bits per heavy atom. The Morgan fingerprint density at radius 3 is 2.81 bits per heavy atom. The Hall–Kier alpha value is -3.99. The van der Waals surface area contributed by atoms with E-state index in [2.05, 4.69) is 36.7 Å².